The van der Waals surface area contributed by atoms with Crippen molar-refractivity contribution in [2.24, 2.45) is 5.41 Å². The fourth-order valence-corrected chi connectivity index (χ4v) is 2.86. The number of rotatable bonds is 8. The number of carboxylic acid groups (broad SMARTS) is 1. The van der Waals surface area contributed by atoms with Crippen LogP contribution in [0.2, 0.25) is 0 Å². The van der Waals surface area contributed by atoms with E-state index in [-0.39, 0.29) is 12.6 Å². The SMILES string of the molecule is CCc1cccc(NC(=O)Nc2ccc(-c3ccc(OCC(C)(C)C(=O)O)nc3)cc2)c1. The van der Waals surface area contributed by atoms with Crippen LogP contribution in [-0.2, 0) is 11.2 Å². The summed E-state index contributed by atoms with van der Waals surface area (Å²) in [6.45, 7) is 5.29. The van der Waals surface area contributed by atoms with Crippen molar-refractivity contribution < 1.29 is 19.4 Å². The molecule has 1 aromatic heterocycles. The van der Waals surface area contributed by atoms with Crippen molar-refractivity contribution >= 4 is 23.4 Å². The van der Waals surface area contributed by atoms with Gasteiger partial charge in [0, 0.05) is 29.2 Å². The average molecular weight is 434 g/mol. The van der Waals surface area contributed by atoms with E-state index in [1.807, 2.05) is 54.6 Å². The fraction of sp³-hybridized carbons (Fsp3) is 0.240. The first kappa shape index (κ1) is 22.8. The van der Waals surface area contributed by atoms with Gasteiger partial charge in [-0.2, -0.15) is 0 Å². The molecule has 166 valence electrons. The van der Waals surface area contributed by atoms with E-state index in [2.05, 4.69) is 22.5 Å². The minimum absolute atomic E-state index is 0.0276. The Morgan fingerprint density at radius 1 is 0.969 bits per heavy atom. The molecule has 0 atom stereocenters. The molecule has 0 unspecified atom stereocenters. The summed E-state index contributed by atoms with van der Waals surface area (Å²) in [5.41, 5.74) is 3.38. The molecular weight excluding hydrogens is 406 g/mol. The third-order valence-electron chi connectivity index (χ3n) is 4.97. The number of anilines is 2. The fourth-order valence-electron chi connectivity index (χ4n) is 2.86. The zero-order valence-electron chi connectivity index (χ0n) is 18.4. The van der Waals surface area contributed by atoms with Gasteiger partial charge in [0.1, 0.15) is 6.61 Å². The average Bonchev–Trinajstić information content (AvgIpc) is 2.78. The second kappa shape index (κ2) is 9.96. The molecular formula is C25H27N3O4. The van der Waals surface area contributed by atoms with Crippen LogP contribution < -0.4 is 15.4 Å². The molecule has 2 amide bonds. The van der Waals surface area contributed by atoms with E-state index in [0.717, 1.165) is 28.8 Å². The zero-order valence-corrected chi connectivity index (χ0v) is 18.4. The number of nitrogens with zero attached hydrogens (tertiary/aromatic N) is 1. The van der Waals surface area contributed by atoms with E-state index in [1.165, 1.54) is 0 Å². The Hall–Kier alpha value is -3.87. The maximum absolute atomic E-state index is 12.3. The summed E-state index contributed by atoms with van der Waals surface area (Å²) < 4.78 is 5.50. The van der Waals surface area contributed by atoms with Crippen molar-refractivity contribution in [2.45, 2.75) is 27.2 Å². The largest absolute Gasteiger partial charge is 0.481 e. The highest BCUT2D eigenvalue weighted by Crippen LogP contribution is 2.24. The van der Waals surface area contributed by atoms with Crippen molar-refractivity contribution in [3.05, 3.63) is 72.4 Å². The standard InChI is InChI=1S/C25H27N3O4/c1-4-17-6-5-7-21(14-17)28-24(31)27-20-11-8-18(9-12-20)19-10-13-22(26-15-19)32-16-25(2,3)23(29)30/h5-15H,4,16H2,1-3H3,(H,29,30)(H2,27,28,31). The van der Waals surface area contributed by atoms with Gasteiger partial charge in [0.2, 0.25) is 5.88 Å². The molecule has 1 heterocycles. The van der Waals surface area contributed by atoms with Gasteiger partial charge in [-0.05, 0) is 61.7 Å². The lowest BCUT2D eigenvalue weighted by Crippen LogP contribution is -2.30. The topological polar surface area (TPSA) is 101 Å². The smallest absolute Gasteiger partial charge is 0.323 e. The molecule has 3 rings (SSSR count). The Bertz CT molecular complexity index is 1080. The summed E-state index contributed by atoms with van der Waals surface area (Å²) in [5, 5.41) is 14.8. The predicted molar refractivity (Wildman–Crippen MR) is 125 cm³/mol. The molecule has 0 fully saturated rings. The molecule has 0 bridgehead atoms. The van der Waals surface area contributed by atoms with Crippen molar-refractivity contribution in [1.82, 2.24) is 4.98 Å². The first-order chi connectivity index (χ1) is 15.3. The van der Waals surface area contributed by atoms with Crippen molar-refractivity contribution in [2.75, 3.05) is 17.2 Å². The number of amides is 2. The Kier molecular flexibility index (Phi) is 7.10. The number of carbonyl (C=O) groups is 2. The molecule has 2 aromatic carbocycles. The zero-order chi connectivity index (χ0) is 23.1. The normalized spacial score (nSPS) is 11.0. The second-order valence-corrected chi connectivity index (χ2v) is 8.07. The first-order valence-corrected chi connectivity index (χ1v) is 10.4. The molecule has 0 saturated heterocycles. The maximum Gasteiger partial charge on any atom is 0.323 e. The van der Waals surface area contributed by atoms with Gasteiger partial charge in [-0.1, -0.05) is 31.2 Å². The summed E-state index contributed by atoms with van der Waals surface area (Å²) in [5.74, 6) is -0.559. The quantitative estimate of drug-likeness (QED) is 0.439. The molecule has 0 saturated carbocycles. The number of ether oxygens (including phenoxy) is 1. The van der Waals surface area contributed by atoms with E-state index in [0.29, 0.717) is 11.6 Å². The maximum atomic E-state index is 12.3. The second-order valence-electron chi connectivity index (χ2n) is 8.07. The summed E-state index contributed by atoms with van der Waals surface area (Å²) in [7, 11) is 0. The van der Waals surface area contributed by atoms with Gasteiger partial charge in [-0.15, -0.1) is 0 Å². The molecule has 32 heavy (non-hydrogen) atoms. The van der Waals surface area contributed by atoms with Crippen LogP contribution in [-0.4, -0.2) is 28.7 Å². The Morgan fingerprint density at radius 2 is 1.66 bits per heavy atom. The lowest BCUT2D eigenvalue weighted by molar-refractivity contribution is -0.148. The minimum Gasteiger partial charge on any atom is -0.481 e. The van der Waals surface area contributed by atoms with Crippen LogP contribution >= 0.6 is 0 Å². The number of benzene rings is 2. The van der Waals surface area contributed by atoms with E-state index in [1.54, 1.807) is 26.1 Å². The number of aliphatic carboxylic acids is 1. The molecule has 0 aliphatic carbocycles. The van der Waals surface area contributed by atoms with Crippen LogP contribution in [0.1, 0.15) is 26.3 Å². The number of hydrogen-bond acceptors (Lipinski definition) is 4. The summed E-state index contributed by atoms with van der Waals surface area (Å²) in [6, 6.07) is 18.4. The van der Waals surface area contributed by atoms with E-state index >= 15 is 0 Å². The summed E-state index contributed by atoms with van der Waals surface area (Å²) in [4.78, 5) is 27.7. The number of aryl methyl sites for hydroxylation is 1. The molecule has 0 radical (unpaired) electrons. The van der Waals surface area contributed by atoms with E-state index < -0.39 is 11.4 Å². The van der Waals surface area contributed by atoms with E-state index in [9.17, 15) is 9.59 Å². The van der Waals surface area contributed by atoms with Crippen LogP contribution in [0.25, 0.3) is 11.1 Å². The third-order valence-corrected chi connectivity index (χ3v) is 4.97. The summed E-state index contributed by atoms with van der Waals surface area (Å²) in [6.07, 6.45) is 2.57. The monoisotopic (exact) mass is 433 g/mol. The highest BCUT2D eigenvalue weighted by atomic mass is 16.5. The molecule has 0 spiro atoms. The van der Waals surface area contributed by atoms with Gasteiger partial charge in [0.05, 0.1) is 5.41 Å². The molecule has 0 aliphatic rings. The lowest BCUT2D eigenvalue weighted by Gasteiger charge is -2.19. The lowest BCUT2D eigenvalue weighted by atomic mass is 9.95. The Morgan fingerprint density at radius 3 is 2.28 bits per heavy atom. The molecule has 7 nitrogen and oxygen atoms in total. The van der Waals surface area contributed by atoms with Gasteiger partial charge < -0.3 is 20.5 Å². The highest BCUT2D eigenvalue weighted by Gasteiger charge is 2.28. The first-order valence-electron chi connectivity index (χ1n) is 10.4. The van der Waals surface area contributed by atoms with E-state index in [4.69, 9.17) is 9.84 Å². The molecule has 0 aliphatic heterocycles. The van der Waals surface area contributed by atoms with Crippen LogP contribution in [0, 0.1) is 5.41 Å². The van der Waals surface area contributed by atoms with Gasteiger partial charge in [-0.3, -0.25) is 4.79 Å². The van der Waals surface area contributed by atoms with Crippen molar-refractivity contribution in [3.8, 4) is 17.0 Å². The van der Waals surface area contributed by atoms with Crippen molar-refractivity contribution in [1.29, 1.82) is 0 Å². The molecule has 3 aromatic rings. The van der Waals surface area contributed by atoms with Crippen LogP contribution in [0.15, 0.2) is 66.9 Å². The number of pyridine rings is 1. The predicted octanol–water partition coefficient (Wildman–Crippen LogP) is 5.44. The van der Waals surface area contributed by atoms with Gasteiger partial charge in [0.25, 0.3) is 0 Å². The van der Waals surface area contributed by atoms with Crippen LogP contribution in [0.5, 0.6) is 5.88 Å². The van der Waals surface area contributed by atoms with Gasteiger partial charge >= 0.3 is 12.0 Å². The van der Waals surface area contributed by atoms with Gasteiger partial charge in [0.15, 0.2) is 0 Å². The number of carboxylic acids is 1. The highest BCUT2D eigenvalue weighted by molar-refractivity contribution is 5.99. The van der Waals surface area contributed by atoms with Crippen LogP contribution in [0.4, 0.5) is 16.2 Å². The number of nitrogens with one attached hydrogen (secondary N) is 2. The third kappa shape index (κ3) is 6.07. The number of urea groups is 1. The molecule has 7 heteroatoms. The Labute approximate surface area is 187 Å². The van der Waals surface area contributed by atoms with Crippen molar-refractivity contribution in [3.63, 3.8) is 0 Å². The molecule has 3 N–H and O–H groups in total. The number of carbonyl (C=O) groups excluding carboxylic acids is 1. The van der Waals surface area contributed by atoms with Gasteiger partial charge in [-0.25, -0.2) is 9.78 Å². The number of aromatic nitrogens is 1. The number of hydrogen-bond donors (Lipinski definition) is 3. The summed E-state index contributed by atoms with van der Waals surface area (Å²) >= 11 is 0. The Balaban J connectivity index is 1.58. The minimum atomic E-state index is -0.992. The van der Waals surface area contributed by atoms with Crippen LogP contribution in [0.3, 0.4) is 0 Å².